The van der Waals surface area contributed by atoms with Gasteiger partial charge in [0.2, 0.25) is 5.69 Å². The van der Waals surface area contributed by atoms with Crippen molar-refractivity contribution in [1.29, 1.82) is 0 Å². The summed E-state index contributed by atoms with van der Waals surface area (Å²) >= 11 is 12.7. The van der Waals surface area contributed by atoms with Crippen molar-refractivity contribution in [3.8, 4) is 5.82 Å². The summed E-state index contributed by atoms with van der Waals surface area (Å²) in [5.74, 6) is -0.487. The molecule has 0 spiro atoms. The Labute approximate surface area is 188 Å². The Morgan fingerprint density at radius 1 is 1.09 bits per heavy atom. The van der Waals surface area contributed by atoms with Gasteiger partial charge in [-0.05, 0) is 23.6 Å². The molecule has 1 aliphatic heterocycles. The number of nitrogens with zero attached hydrogens (tertiary/aromatic N) is 4. The van der Waals surface area contributed by atoms with Crippen LogP contribution in [0.5, 0.6) is 0 Å². The van der Waals surface area contributed by atoms with E-state index < -0.39 is 17.8 Å². The van der Waals surface area contributed by atoms with Crippen molar-refractivity contribution in [3.63, 3.8) is 0 Å². The Morgan fingerprint density at radius 3 is 2.62 bits per heavy atom. The summed E-state index contributed by atoms with van der Waals surface area (Å²) in [6, 6.07) is 12.6. The van der Waals surface area contributed by atoms with E-state index >= 15 is 0 Å². The third-order valence-corrected chi connectivity index (χ3v) is 5.63. The van der Waals surface area contributed by atoms with Crippen LogP contribution in [0.3, 0.4) is 0 Å². The molecule has 11 heteroatoms. The van der Waals surface area contributed by atoms with Gasteiger partial charge in [-0.3, -0.25) is 0 Å². The minimum absolute atomic E-state index is 0.0452. The second-order valence-corrected chi connectivity index (χ2v) is 7.73. The highest BCUT2D eigenvalue weighted by Gasteiger charge is 2.39. The van der Waals surface area contributed by atoms with E-state index in [2.05, 4.69) is 10.1 Å². The summed E-state index contributed by atoms with van der Waals surface area (Å²) in [6.45, 7) is -0.0730. The molecule has 1 aliphatic rings. The number of aromatic nitrogens is 3. The molecule has 0 unspecified atom stereocenters. The summed E-state index contributed by atoms with van der Waals surface area (Å²) in [6.07, 6.45) is -3.42. The van der Waals surface area contributed by atoms with Gasteiger partial charge in [-0.2, -0.15) is 18.3 Å². The smallest absolute Gasteiger partial charge is 0.435 e. The number of hydrogen-bond donors (Lipinski definition) is 0. The summed E-state index contributed by atoms with van der Waals surface area (Å²) < 4.78 is 47.2. The van der Waals surface area contributed by atoms with Crippen LogP contribution in [0.25, 0.3) is 16.6 Å². The zero-order chi connectivity index (χ0) is 22.6. The van der Waals surface area contributed by atoms with Crippen LogP contribution in [0.1, 0.15) is 17.0 Å². The molecule has 0 radical (unpaired) electrons. The lowest BCUT2D eigenvalue weighted by molar-refractivity contribution is -0.379. The van der Waals surface area contributed by atoms with E-state index in [-0.39, 0.29) is 33.9 Å². The summed E-state index contributed by atoms with van der Waals surface area (Å²) in [4.78, 5) is 4.01. The molecule has 0 amide bonds. The molecule has 0 aliphatic carbocycles. The van der Waals surface area contributed by atoms with Gasteiger partial charge >= 0.3 is 12.1 Å². The zero-order valence-corrected chi connectivity index (χ0v) is 17.4. The molecule has 6 nitrogen and oxygen atoms in total. The Kier molecular flexibility index (Phi) is 4.75. The Hall–Kier alpha value is -3.30. The largest absolute Gasteiger partial charge is 0.615 e. The maximum atomic E-state index is 13.4. The molecule has 162 valence electrons. The lowest BCUT2D eigenvalue weighted by atomic mass is 10.0. The molecule has 4 aromatic rings. The number of benzene rings is 2. The Bertz CT molecular complexity index is 1420. The second kappa shape index (κ2) is 7.39. The SMILES string of the molecule is [O-][N+]1=C(c2cc(C(F)(F)F)nn2-c2ncccc2Cl)OCc2cc3ccccc3c(Cl)c21. The van der Waals surface area contributed by atoms with E-state index in [1.807, 2.05) is 12.1 Å². The zero-order valence-electron chi connectivity index (χ0n) is 15.9. The van der Waals surface area contributed by atoms with E-state index in [9.17, 15) is 18.4 Å². The van der Waals surface area contributed by atoms with Gasteiger partial charge in [0.1, 0.15) is 11.6 Å². The first-order valence-electron chi connectivity index (χ1n) is 9.21. The van der Waals surface area contributed by atoms with Gasteiger partial charge in [0.25, 0.3) is 0 Å². The molecule has 0 N–H and O–H groups in total. The van der Waals surface area contributed by atoms with Crippen LogP contribution in [0, 0.1) is 5.21 Å². The first-order chi connectivity index (χ1) is 15.3. The van der Waals surface area contributed by atoms with Crippen molar-refractivity contribution in [2.24, 2.45) is 0 Å². The van der Waals surface area contributed by atoms with Gasteiger partial charge in [-0.15, -0.1) is 4.74 Å². The number of fused-ring (bicyclic) bond motifs is 2. The lowest BCUT2D eigenvalue weighted by Crippen LogP contribution is -2.25. The summed E-state index contributed by atoms with van der Waals surface area (Å²) in [7, 11) is 0. The summed E-state index contributed by atoms with van der Waals surface area (Å²) in [5.41, 5.74) is -0.887. The standard InChI is InChI=1S/C21H11Cl2F3N4O2/c22-14-6-3-7-27-19(14)29-15(9-16(28-29)21(24,25)26)20-30(31)18-12(10-32-20)8-11-4-1-2-5-13(11)17(18)23/h1-9H,10H2. The third kappa shape index (κ3) is 3.25. The Balaban J connectivity index is 1.77. The minimum atomic E-state index is -4.77. The van der Waals surface area contributed by atoms with Crippen molar-refractivity contribution in [2.75, 3.05) is 0 Å². The second-order valence-electron chi connectivity index (χ2n) is 6.94. The number of halogens is 5. The third-order valence-electron chi connectivity index (χ3n) is 4.95. The van der Waals surface area contributed by atoms with Crippen molar-refractivity contribution in [3.05, 3.63) is 86.9 Å². The first-order valence-corrected chi connectivity index (χ1v) is 9.97. The van der Waals surface area contributed by atoms with Crippen molar-refractivity contribution < 1.29 is 22.6 Å². The average molecular weight is 479 g/mol. The molecule has 0 atom stereocenters. The maximum absolute atomic E-state index is 13.4. The van der Waals surface area contributed by atoms with Crippen LogP contribution in [0.2, 0.25) is 10.0 Å². The van der Waals surface area contributed by atoms with E-state index in [4.69, 9.17) is 27.9 Å². The quantitative estimate of drug-likeness (QED) is 0.267. The van der Waals surface area contributed by atoms with Crippen LogP contribution in [0.15, 0.2) is 54.7 Å². The molecular weight excluding hydrogens is 468 g/mol. The highest BCUT2D eigenvalue weighted by atomic mass is 35.5. The van der Waals surface area contributed by atoms with Crippen LogP contribution in [0.4, 0.5) is 18.9 Å². The molecule has 0 fully saturated rings. The molecule has 2 aromatic heterocycles. The fourth-order valence-corrected chi connectivity index (χ4v) is 4.10. The minimum Gasteiger partial charge on any atom is -0.615 e. The fraction of sp³-hybridized carbons (Fsp3) is 0.0952. The van der Waals surface area contributed by atoms with E-state index in [0.717, 1.165) is 10.1 Å². The monoisotopic (exact) mass is 478 g/mol. The number of rotatable bonds is 2. The number of hydrogen-bond acceptors (Lipinski definition) is 4. The van der Waals surface area contributed by atoms with Gasteiger partial charge in [-0.1, -0.05) is 47.5 Å². The number of alkyl halides is 3. The van der Waals surface area contributed by atoms with Crippen LogP contribution >= 0.6 is 23.2 Å². The predicted octanol–water partition coefficient (Wildman–Crippen LogP) is 5.86. The van der Waals surface area contributed by atoms with Crippen LogP contribution in [-0.2, 0) is 17.5 Å². The van der Waals surface area contributed by atoms with Crippen molar-refractivity contribution in [2.45, 2.75) is 12.8 Å². The summed E-state index contributed by atoms with van der Waals surface area (Å²) in [5, 5.41) is 18.6. The molecule has 0 saturated carbocycles. The lowest BCUT2D eigenvalue weighted by Gasteiger charge is -2.20. The fourth-order valence-electron chi connectivity index (χ4n) is 3.53. The average Bonchev–Trinajstić information content (AvgIpc) is 3.20. The highest BCUT2D eigenvalue weighted by Crippen LogP contribution is 2.39. The van der Waals surface area contributed by atoms with E-state index in [0.29, 0.717) is 21.8 Å². The predicted molar refractivity (Wildman–Crippen MR) is 113 cm³/mol. The Morgan fingerprint density at radius 2 is 1.88 bits per heavy atom. The molecule has 0 bridgehead atoms. The van der Waals surface area contributed by atoms with Gasteiger partial charge in [0.05, 0.1) is 10.6 Å². The van der Waals surface area contributed by atoms with Crippen LogP contribution in [-0.4, -0.2) is 25.4 Å². The molecule has 32 heavy (non-hydrogen) atoms. The molecule has 0 saturated heterocycles. The number of pyridine rings is 1. The van der Waals surface area contributed by atoms with E-state index in [1.165, 1.54) is 18.3 Å². The highest BCUT2D eigenvalue weighted by molar-refractivity contribution is 6.38. The molecular formula is C21H11Cl2F3N4O2. The molecule has 2 aromatic carbocycles. The normalized spacial score (nSPS) is 13.9. The van der Waals surface area contributed by atoms with Gasteiger partial charge in [0.15, 0.2) is 17.2 Å². The van der Waals surface area contributed by atoms with Crippen molar-refractivity contribution in [1.82, 2.24) is 14.8 Å². The maximum Gasteiger partial charge on any atom is 0.435 e. The van der Waals surface area contributed by atoms with Crippen LogP contribution < -0.4 is 0 Å². The van der Waals surface area contributed by atoms with Gasteiger partial charge in [-0.25, -0.2) is 9.67 Å². The molecule has 3 heterocycles. The van der Waals surface area contributed by atoms with Gasteiger partial charge < -0.3 is 9.94 Å². The number of ether oxygens (including phenoxy) is 1. The van der Waals surface area contributed by atoms with Gasteiger partial charge in [0, 0.05) is 17.6 Å². The van der Waals surface area contributed by atoms with E-state index in [1.54, 1.807) is 18.2 Å². The molecule has 5 rings (SSSR count). The van der Waals surface area contributed by atoms with Crippen molar-refractivity contribution >= 4 is 45.6 Å². The first kappa shape index (κ1) is 20.6. The topological polar surface area (TPSA) is 66.0 Å².